The summed E-state index contributed by atoms with van der Waals surface area (Å²) in [5, 5.41) is 3.06. The standard InChI is InChI=1S/C37H43N3O4S2/c1-27-15-17-31(18-16-27)40(46(43,44)33-21-19-32(45-6)20-22-33)26-35(41)39(25-30-14-10-11-28(2)23-30)34(36(42)38-37(3,4)5)24-29-12-8-7-9-13-29/h7-23,34H,24-26H2,1-6H3,(H,38,42)/t34-/m1/s1. The molecule has 0 aliphatic rings. The molecule has 4 aromatic carbocycles. The molecule has 0 aliphatic heterocycles. The van der Waals surface area contributed by atoms with Crippen molar-refractivity contribution in [3.05, 3.63) is 125 Å². The van der Waals surface area contributed by atoms with E-state index in [1.807, 2.05) is 108 Å². The Hall–Kier alpha value is -4.08. The monoisotopic (exact) mass is 657 g/mol. The van der Waals surface area contributed by atoms with Crippen molar-refractivity contribution < 1.29 is 18.0 Å². The lowest BCUT2D eigenvalue weighted by atomic mass is 10.0. The van der Waals surface area contributed by atoms with E-state index < -0.39 is 34.1 Å². The summed E-state index contributed by atoms with van der Waals surface area (Å²) >= 11 is 1.51. The van der Waals surface area contributed by atoms with Crippen LogP contribution in [0.25, 0.3) is 0 Å². The van der Waals surface area contributed by atoms with E-state index in [4.69, 9.17) is 0 Å². The van der Waals surface area contributed by atoms with Crippen LogP contribution in [0.1, 0.15) is 43.0 Å². The number of sulfonamides is 1. The van der Waals surface area contributed by atoms with Gasteiger partial charge < -0.3 is 10.2 Å². The second kappa shape index (κ2) is 15.0. The summed E-state index contributed by atoms with van der Waals surface area (Å²) in [4.78, 5) is 31.1. The average Bonchev–Trinajstić information content (AvgIpc) is 3.01. The van der Waals surface area contributed by atoms with Gasteiger partial charge in [0.15, 0.2) is 0 Å². The van der Waals surface area contributed by atoms with E-state index in [1.165, 1.54) is 16.7 Å². The highest BCUT2D eigenvalue weighted by atomic mass is 32.2. The van der Waals surface area contributed by atoms with Crippen LogP contribution in [-0.4, -0.2) is 49.5 Å². The van der Waals surface area contributed by atoms with Gasteiger partial charge in [-0.15, -0.1) is 11.8 Å². The van der Waals surface area contributed by atoms with Crippen LogP contribution in [0, 0.1) is 13.8 Å². The molecule has 9 heteroatoms. The Morgan fingerprint density at radius 1 is 0.804 bits per heavy atom. The third-order valence-corrected chi connectivity index (χ3v) is 9.98. The predicted molar refractivity (Wildman–Crippen MR) is 187 cm³/mol. The number of carbonyl (C=O) groups is 2. The number of anilines is 1. The molecular formula is C37H43N3O4S2. The maximum Gasteiger partial charge on any atom is 0.264 e. The summed E-state index contributed by atoms with van der Waals surface area (Å²) in [5.41, 5.74) is 3.51. The van der Waals surface area contributed by atoms with Crippen molar-refractivity contribution in [2.75, 3.05) is 17.1 Å². The fraction of sp³-hybridized carbons (Fsp3) is 0.297. The van der Waals surface area contributed by atoms with Crippen LogP contribution in [0.5, 0.6) is 0 Å². The average molecular weight is 658 g/mol. The molecule has 0 unspecified atom stereocenters. The van der Waals surface area contributed by atoms with Gasteiger partial charge in [-0.25, -0.2) is 8.42 Å². The van der Waals surface area contributed by atoms with Crippen molar-refractivity contribution in [3.63, 3.8) is 0 Å². The van der Waals surface area contributed by atoms with Crippen LogP contribution < -0.4 is 9.62 Å². The summed E-state index contributed by atoms with van der Waals surface area (Å²) in [5.74, 6) is -0.800. The van der Waals surface area contributed by atoms with Gasteiger partial charge in [-0.3, -0.25) is 13.9 Å². The maximum atomic E-state index is 14.6. The zero-order chi connectivity index (χ0) is 33.5. The van der Waals surface area contributed by atoms with Crippen molar-refractivity contribution in [1.29, 1.82) is 0 Å². The number of benzene rings is 4. The Morgan fingerprint density at radius 2 is 1.43 bits per heavy atom. The number of hydrogen-bond donors (Lipinski definition) is 1. The highest BCUT2D eigenvalue weighted by Crippen LogP contribution is 2.27. The molecule has 0 saturated carbocycles. The van der Waals surface area contributed by atoms with Crippen molar-refractivity contribution in [1.82, 2.24) is 10.2 Å². The molecule has 1 N–H and O–H groups in total. The van der Waals surface area contributed by atoms with E-state index in [0.717, 1.165) is 31.5 Å². The molecule has 4 aromatic rings. The molecular weight excluding hydrogens is 615 g/mol. The molecule has 1 atom stereocenters. The summed E-state index contributed by atoms with van der Waals surface area (Å²) in [6.45, 7) is 9.20. The largest absolute Gasteiger partial charge is 0.350 e. The van der Waals surface area contributed by atoms with E-state index in [9.17, 15) is 18.0 Å². The Bertz CT molecular complexity index is 1730. The molecule has 7 nitrogen and oxygen atoms in total. The minimum absolute atomic E-state index is 0.0789. The molecule has 0 radical (unpaired) electrons. The van der Waals surface area contributed by atoms with Crippen LogP contribution in [0.15, 0.2) is 113 Å². The zero-order valence-corrected chi connectivity index (χ0v) is 29.0. The Labute approximate surface area is 278 Å². The lowest BCUT2D eigenvalue weighted by Crippen LogP contribution is -2.56. The third kappa shape index (κ3) is 9.23. The second-order valence-corrected chi connectivity index (χ2v) is 15.2. The first-order chi connectivity index (χ1) is 21.8. The number of carbonyl (C=O) groups excluding carboxylic acids is 2. The molecule has 242 valence electrons. The fourth-order valence-corrected chi connectivity index (χ4v) is 6.95. The van der Waals surface area contributed by atoms with Gasteiger partial charge in [-0.2, -0.15) is 0 Å². The van der Waals surface area contributed by atoms with Gasteiger partial charge in [0, 0.05) is 23.4 Å². The van der Waals surface area contributed by atoms with Gasteiger partial charge in [-0.05, 0) is 88.4 Å². The lowest BCUT2D eigenvalue weighted by Gasteiger charge is -2.35. The minimum Gasteiger partial charge on any atom is -0.350 e. The zero-order valence-electron chi connectivity index (χ0n) is 27.4. The second-order valence-electron chi connectivity index (χ2n) is 12.5. The molecule has 0 aromatic heterocycles. The molecule has 46 heavy (non-hydrogen) atoms. The topological polar surface area (TPSA) is 86.8 Å². The van der Waals surface area contributed by atoms with Crippen LogP contribution in [0.4, 0.5) is 5.69 Å². The van der Waals surface area contributed by atoms with Crippen molar-refractivity contribution in [2.24, 2.45) is 0 Å². The quantitative estimate of drug-likeness (QED) is 0.170. The van der Waals surface area contributed by atoms with Gasteiger partial charge in [-0.1, -0.05) is 77.9 Å². The molecule has 4 rings (SSSR count). The van der Waals surface area contributed by atoms with E-state index in [0.29, 0.717) is 5.69 Å². The predicted octanol–water partition coefficient (Wildman–Crippen LogP) is 6.78. The van der Waals surface area contributed by atoms with Gasteiger partial charge in [0.1, 0.15) is 12.6 Å². The number of hydrogen-bond acceptors (Lipinski definition) is 5. The van der Waals surface area contributed by atoms with Gasteiger partial charge in [0.25, 0.3) is 10.0 Å². The number of aryl methyl sites for hydroxylation is 2. The Kier molecular flexibility index (Phi) is 11.3. The summed E-state index contributed by atoms with van der Waals surface area (Å²) in [6.07, 6.45) is 2.18. The normalized spacial score (nSPS) is 12.3. The van der Waals surface area contributed by atoms with Crippen LogP contribution >= 0.6 is 11.8 Å². The molecule has 0 aliphatic carbocycles. The lowest BCUT2D eigenvalue weighted by molar-refractivity contribution is -0.140. The number of rotatable bonds is 12. The first kappa shape index (κ1) is 34.8. The molecule has 2 amide bonds. The summed E-state index contributed by atoms with van der Waals surface area (Å²) in [7, 11) is -4.16. The maximum absolute atomic E-state index is 14.6. The molecule has 0 bridgehead atoms. The summed E-state index contributed by atoms with van der Waals surface area (Å²) < 4.78 is 29.6. The van der Waals surface area contributed by atoms with Gasteiger partial charge in [0.05, 0.1) is 10.6 Å². The highest BCUT2D eigenvalue weighted by molar-refractivity contribution is 7.98. The first-order valence-electron chi connectivity index (χ1n) is 15.2. The van der Waals surface area contributed by atoms with Crippen LogP contribution in [0.3, 0.4) is 0 Å². The number of amides is 2. The highest BCUT2D eigenvalue weighted by Gasteiger charge is 2.35. The van der Waals surface area contributed by atoms with Crippen molar-refractivity contribution in [3.8, 4) is 0 Å². The number of nitrogens with zero attached hydrogens (tertiary/aromatic N) is 2. The van der Waals surface area contributed by atoms with Gasteiger partial charge in [0.2, 0.25) is 11.8 Å². The minimum atomic E-state index is -4.16. The van der Waals surface area contributed by atoms with Crippen molar-refractivity contribution >= 4 is 39.3 Å². The van der Waals surface area contributed by atoms with E-state index in [-0.39, 0.29) is 23.8 Å². The van der Waals surface area contributed by atoms with Crippen LogP contribution in [-0.2, 0) is 32.6 Å². The first-order valence-corrected chi connectivity index (χ1v) is 17.9. The number of nitrogens with one attached hydrogen (secondary N) is 1. The molecule has 0 fully saturated rings. The molecule has 0 heterocycles. The third-order valence-electron chi connectivity index (χ3n) is 7.45. The molecule has 0 spiro atoms. The van der Waals surface area contributed by atoms with Crippen LogP contribution in [0.2, 0.25) is 0 Å². The Balaban J connectivity index is 1.81. The Morgan fingerprint density at radius 3 is 2.02 bits per heavy atom. The molecule has 0 saturated heterocycles. The van der Waals surface area contributed by atoms with E-state index >= 15 is 0 Å². The van der Waals surface area contributed by atoms with Crippen molar-refractivity contribution in [2.45, 2.75) is 69.0 Å². The summed E-state index contributed by atoms with van der Waals surface area (Å²) in [6, 6.07) is 30.1. The van der Waals surface area contributed by atoms with E-state index in [2.05, 4.69) is 5.32 Å². The van der Waals surface area contributed by atoms with Gasteiger partial charge >= 0.3 is 0 Å². The number of thioether (sulfide) groups is 1. The SMILES string of the molecule is CSc1ccc(S(=O)(=O)N(CC(=O)N(Cc2cccc(C)c2)[C@H](Cc2ccccc2)C(=O)NC(C)(C)C)c2ccc(C)cc2)cc1. The smallest absolute Gasteiger partial charge is 0.264 e. The van der Waals surface area contributed by atoms with E-state index in [1.54, 1.807) is 36.4 Å². The fourth-order valence-electron chi connectivity index (χ4n) is 5.13.